The summed E-state index contributed by atoms with van der Waals surface area (Å²) in [6.07, 6.45) is -2.26. The third kappa shape index (κ3) is 2.15. The summed E-state index contributed by atoms with van der Waals surface area (Å²) in [6.45, 7) is 1.72. The van der Waals surface area contributed by atoms with Crippen molar-refractivity contribution in [1.29, 1.82) is 0 Å². The Balaban J connectivity index is 2.53. The first-order chi connectivity index (χ1) is 8.29. The number of aliphatic carboxylic acids is 1. The van der Waals surface area contributed by atoms with Crippen LogP contribution in [0.2, 0.25) is 0 Å². The molecule has 18 heavy (non-hydrogen) atoms. The molecule has 1 aromatic heterocycles. The highest BCUT2D eigenvalue weighted by atomic mass is 19.4. The molecule has 96 valence electrons. The van der Waals surface area contributed by atoms with E-state index in [1.807, 2.05) is 0 Å². The van der Waals surface area contributed by atoms with Gasteiger partial charge in [0.05, 0.1) is 5.57 Å². The fourth-order valence-electron chi connectivity index (χ4n) is 1.73. The number of anilines is 1. The second-order valence-corrected chi connectivity index (χ2v) is 3.97. The minimum Gasteiger partial charge on any atom is -0.478 e. The number of nitrogens with one attached hydrogen (secondary N) is 1. The van der Waals surface area contributed by atoms with Gasteiger partial charge >= 0.3 is 12.1 Å². The number of halogens is 3. The second-order valence-electron chi connectivity index (χ2n) is 3.97. The van der Waals surface area contributed by atoms with Crippen molar-refractivity contribution in [1.82, 2.24) is 4.98 Å². The van der Waals surface area contributed by atoms with Crippen LogP contribution in [0.15, 0.2) is 17.8 Å². The van der Waals surface area contributed by atoms with Crippen LogP contribution < -0.4 is 5.32 Å². The average molecular weight is 258 g/mol. The molecule has 7 heteroatoms. The Morgan fingerprint density at radius 1 is 1.50 bits per heavy atom. The summed E-state index contributed by atoms with van der Waals surface area (Å²) >= 11 is 0. The molecule has 0 spiro atoms. The van der Waals surface area contributed by atoms with Gasteiger partial charge in [-0.2, -0.15) is 13.2 Å². The van der Waals surface area contributed by atoms with E-state index < -0.39 is 23.8 Å². The van der Waals surface area contributed by atoms with Crippen molar-refractivity contribution < 1.29 is 23.1 Å². The summed E-state index contributed by atoms with van der Waals surface area (Å²) in [6, 6.07) is -0.664. The Hall–Kier alpha value is -2.05. The minimum atomic E-state index is -4.69. The summed E-state index contributed by atoms with van der Waals surface area (Å²) in [5.41, 5.74) is 0.345. The molecule has 0 saturated heterocycles. The monoisotopic (exact) mass is 258 g/mol. The smallest absolute Gasteiger partial charge is 0.413 e. The van der Waals surface area contributed by atoms with Crippen LogP contribution in [0.4, 0.5) is 19.0 Å². The average Bonchev–Trinajstić information content (AvgIpc) is 2.25. The standard InChI is InChI=1S/C11H9F3N2O2/c1-5-2-6-3-7(10(17)18)8(11(12,13)14)16-9(6)15-4-5/h2-4,8H,1H3,(H,15,16)(H,17,18). The molecule has 0 bridgehead atoms. The summed E-state index contributed by atoms with van der Waals surface area (Å²) in [4.78, 5) is 14.7. The first-order valence-electron chi connectivity index (χ1n) is 5.04. The number of hydrogen-bond acceptors (Lipinski definition) is 3. The molecule has 0 amide bonds. The third-order valence-electron chi connectivity index (χ3n) is 2.53. The number of nitrogens with zero attached hydrogens (tertiary/aromatic N) is 1. The number of fused-ring (bicyclic) bond motifs is 1. The van der Waals surface area contributed by atoms with E-state index in [4.69, 9.17) is 5.11 Å². The molecule has 2 rings (SSSR count). The van der Waals surface area contributed by atoms with Gasteiger partial charge in [-0.3, -0.25) is 0 Å². The fourth-order valence-corrected chi connectivity index (χ4v) is 1.73. The van der Waals surface area contributed by atoms with Crippen molar-refractivity contribution in [3.63, 3.8) is 0 Å². The lowest BCUT2D eigenvalue weighted by Gasteiger charge is -2.27. The van der Waals surface area contributed by atoms with E-state index in [0.29, 0.717) is 5.56 Å². The topological polar surface area (TPSA) is 62.2 Å². The molecule has 4 nitrogen and oxygen atoms in total. The number of pyridine rings is 1. The third-order valence-corrected chi connectivity index (χ3v) is 2.53. The van der Waals surface area contributed by atoms with Gasteiger partial charge in [0, 0.05) is 11.8 Å². The van der Waals surface area contributed by atoms with Crippen molar-refractivity contribution in [3.05, 3.63) is 29.0 Å². The van der Waals surface area contributed by atoms with Gasteiger partial charge in [-0.05, 0) is 24.6 Å². The van der Waals surface area contributed by atoms with E-state index in [1.54, 1.807) is 13.0 Å². The highest BCUT2D eigenvalue weighted by molar-refractivity contribution is 5.97. The molecule has 2 heterocycles. The Labute approximate surface area is 100 Å². The fraction of sp³-hybridized carbons (Fsp3) is 0.273. The quantitative estimate of drug-likeness (QED) is 0.810. The van der Waals surface area contributed by atoms with Crippen LogP contribution in [0.3, 0.4) is 0 Å². The van der Waals surface area contributed by atoms with Gasteiger partial charge in [0.1, 0.15) is 5.82 Å². The Bertz CT molecular complexity index is 538. The number of carboxylic acids is 1. The predicted molar refractivity (Wildman–Crippen MR) is 58.1 cm³/mol. The number of aromatic nitrogens is 1. The number of carbonyl (C=O) groups is 1. The van der Waals surface area contributed by atoms with Crippen LogP contribution >= 0.6 is 0 Å². The van der Waals surface area contributed by atoms with Crippen LogP contribution in [0.25, 0.3) is 6.08 Å². The van der Waals surface area contributed by atoms with Crippen LogP contribution in [-0.4, -0.2) is 28.3 Å². The van der Waals surface area contributed by atoms with E-state index in [1.165, 1.54) is 6.20 Å². The Morgan fingerprint density at radius 3 is 2.72 bits per heavy atom. The molecule has 0 aromatic carbocycles. The first kappa shape index (κ1) is 12.4. The van der Waals surface area contributed by atoms with E-state index in [0.717, 1.165) is 11.6 Å². The lowest BCUT2D eigenvalue weighted by atomic mass is 9.98. The normalized spacial score (nSPS) is 18.7. The van der Waals surface area contributed by atoms with E-state index in [9.17, 15) is 18.0 Å². The summed E-state index contributed by atoms with van der Waals surface area (Å²) in [5.74, 6) is -1.56. The van der Waals surface area contributed by atoms with Crippen LogP contribution in [-0.2, 0) is 4.79 Å². The van der Waals surface area contributed by atoms with Crippen molar-refractivity contribution in [3.8, 4) is 0 Å². The van der Waals surface area contributed by atoms with Crippen molar-refractivity contribution in [2.24, 2.45) is 0 Å². The number of carboxylic acid groups (broad SMARTS) is 1. The van der Waals surface area contributed by atoms with Crippen molar-refractivity contribution >= 4 is 17.9 Å². The van der Waals surface area contributed by atoms with Crippen molar-refractivity contribution in [2.75, 3.05) is 5.32 Å². The van der Waals surface area contributed by atoms with Gasteiger partial charge in [-0.1, -0.05) is 0 Å². The molecule has 1 aliphatic heterocycles. The number of hydrogen-bond donors (Lipinski definition) is 2. The summed E-state index contributed by atoms with van der Waals surface area (Å²) in [7, 11) is 0. The van der Waals surface area contributed by atoms with Crippen molar-refractivity contribution in [2.45, 2.75) is 19.1 Å². The first-order valence-corrected chi connectivity index (χ1v) is 5.04. The van der Waals surface area contributed by atoms with E-state index in [2.05, 4.69) is 10.3 Å². The summed E-state index contributed by atoms with van der Waals surface area (Å²) in [5, 5.41) is 10.9. The minimum absolute atomic E-state index is 0.0351. The number of rotatable bonds is 1. The maximum atomic E-state index is 12.7. The molecular weight excluding hydrogens is 249 g/mol. The van der Waals surface area contributed by atoms with Gasteiger partial charge in [0.25, 0.3) is 0 Å². The van der Waals surface area contributed by atoms with Gasteiger partial charge in [0.15, 0.2) is 6.04 Å². The number of aryl methyl sites for hydroxylation is 1. The lowest BCUT2D eigenvalue weighted by molar-refractivity contribution is -0.146. The zero-order chi connectivity index (χ0) is 13.5. The van der Waals surface area contributed by atoms with Crippen LogP contribution in [0, 0.1) is 6.92 Å². The second kappa shape index (κ2) is 4.01. The van der Waals surface area contributed by atoms with E-state index in [-0.39, 0.29) is 5.82 Å². The molecule has 0 radical (unpaired) electrons. The maximum Gasteiger partial charge on any atom is 0.413 e. The van der Waals surface area contributed by atoms with E-state index >= 15 is 0 Å². The Kier molecular flexibility index (Phi) is 2.76. The maximum absolute atomic E-state index is 12.7. The van der Waals surface area contributed by atoms with Gasteiger partial charge in [-0.15, -0.1) is 0 Å². The SMILES string of the molecule is Cc1cnc2c(c1)C=C(C(=O)O)C(C(F)(F)F)N2. The molecule has 0 aliphatic carbocycles. The molecule has 1 unspecified atom stereocenters. The zero-order valence-corrected chi connectivity index (χ0v) is 9.25. The molecule has 0 fully saturated rings. The largest absolute Gasteiger partial charge is 0.478 e. The molecule has 1 aliphatic rings. The molecule has 1 atom stereocenters. The highest BCUT2D eigenvalue weighted by Crippen LogP contribution is 2.34. The number of alkyl halides is 3. The molecule has 1 aromatic rings. The van der Waals surface area contributed by atoms with Gasteiger partial charge in [0.2, 0.25) is 0 Å². The highest BCUT2D eigenvalue weighted by Gasteiger charge is 2.46. The molecule has 0 saturated carbocycles. The predicted octanol–water partition coefficient (Wildman–Crippen LogP) is 2.21. The summed E-state index contributed by atoms with van der Waals surface area (Å²) < 4.78 is 38.2. The molecule has 2 N–H and O–H groups in total. The zero-order valence-electron chi connectivity index (χ0n) is 9.25. The van der Waals surface area contributed by atoms with Crippen LogP contribution in [0.5, 0.6) is 0 Å². The van der Waals surface area contributed by atoms with Gasteiger partial charge < -0.3 is 10.4 Å². The Morgan fingerprint density at radius 2 is 2.17 bits per heavy atom. The lowest BCUT2D eigenvalue weighted by Crippen LogP contribution is -2.42. The van der Waals surface area contributed by atoms with Gasteiger partial charge in [-0.25, -0.2) is 9.78 Å². The van der Waals surface area contributed by atoms with Crippen LogP contribution in [0.1, 0.15) is 11.1 Å². The molecular formula is C11H9F3N2O2.